The Labute approximate surface area is 138 Å². The number of ether oxygens (including phenoxy) is 1. The minimum Gasteiger partial charge on any atom is -0.508 e. The van der Waals surface area contributed by atoms with Gasteiger partial charge in [0, 0.05) is 19.3 Å². The van der Waals surface area contributed by atoms with Gasteiger partial charge in [0.1, 0.15) is 17.4 Å². The Kier molecular flexibility index (Phi) is 4.49. The van der Waals surface area contributed by atoms with Crippen LogP contribution in [0.5, 0.6) is 5.75 Å². The smallest absolute Gasteiger partial charge is 0.254 e. The second-order valence-corrected chi connectivity index (χ2v) is 5.82. The average Bonchev–Trinajstić information content (AvgIpc) is 2.56. The van der Waals surface area contributed by atoms with E-state index in [4.69, 9.17) is 4.74 Å². The molecule has 0 unspecified atom stereocenters. The van der Waals surface area contributed by atoms with E-state index in [-0.39, 0.29) is 17.1 Å². The highest BCUT2D eigenvalue weighted by molar-refractivity contribution is 5.95. The first kappa shape index (κ1) is 16.4. The third-order valence-electron chi connectivity index (χ3n) is 4.29. The van der Waals surface area contributed by atoms with Crippen LogP contribution in [0.1, 0.15) is 28.8 Å². The molecule has 0 atom stereocenters. The van der Waals surface area contributed by atoms with Gasteiger partial charge >= 0.3 is 0 Å². The third kappa shape index (κ3) is 3.23. The van der Waals surface area contributed by atoms with Crippen molar-refractivity contribution in [2.75, 3.05) is 13.2 Å². The minimum atomic E-state index is -0.797. The van der Waals surface area contributed by atoms with Gasteiger partial charge in [-0.1, -0.05) is 12.1 Å². The first-order valence-electron chi connectivity index (χ1n) is 7.65. The van der Waals surface area contributed by atoms with Gasteiger partial charge in [-0.15, -0.1) is 0 Å². The van der Waals surface area contributed by atoms with Gasteiger partial charge in [-0.25, -0.2) is 8.78 Å². The summed E-state index contributed by atoms with van der Waals surface area (Å²) in [5.74, 6) is -1.99. The van der Waals surface area contributed by atoms with E-state index in [2.05, 4.69) is 5.32 Å². The number of hydrogen-bond acceptors (Lipinski definition) is 3. The Morgan fingerprint density at radius 2 is 1.75 bits per heavy atom. The van der Waals surface area contributed by atoms with E-state index in [0.29, 0.717) is 26.1 Å². The molecule has 1 aliphatic rings. The van der Waals surface area contributed by atoms with Gasteiger partial charge in [0.25, 0.3) is 5.91 Å². The number of aromatic hydroxyl groups is 1. The number of halogens is 2. The average molecular weight is 333 g/mol. The Morgan fingerprint density at radius 1 is 1.08 bits per heavy atom. The lowest BCUT2D eigenvalue weighted by atomic mass is 9.82. The molecule has 1 amide bonds. The monoisotopic (exact) mass is 333 g/mol. The topological polar surface area (TPSA) is 58.6 Å². The lowest BCUT2D eigenvalue weighted by Crippen LogP contribution is -2.49. The van der Waals surface area contributed by atoms with E-state index < -0.39 is 17.3 Å². The normalized spacial score (nSPS) is 16.6. The molecule has 1 saturated heterocycles. The van der Waals surface area contributed by atoms with Crippen LogP contribution in [-0.4, -0.2) is 24.2 Å². The molecule has 0 radical (unpaired) electrons. The number of phenolic OH excluding ortho intramolecular Hbond substituents is 1. The SMILES string of the molecule is O=C(NC1(c2ccc(F)cc2)CCOCC1)c1ccc(O)cc1F. The second kappa shape index (κ2) is 6.57. The van der Waals surface area contributed by atoms with Gasteiger partial charge in [0.15, 0.2) is 0 Å². The zero-order valence-corrected chi connectivity index (χ0v) is 12.9. The molecule has 0 saturated carbocycles. The molecule has 0 aliphatic carbocycles. The van der Waals surface area contributed by atoms with Crippen LogP contribution < -0.4 is 5.32 Å². The van der Waals surface area contributed by atoms with Crippen LogP contribution in [0.3, 0.4) is 0 Å². The van der Waals surface area contributed by atoms with E-state index in [0.717, 1.165) is 11.6 Å². The van der Waals surface area contributed by atoms with Crippen molar-refractivity contribution in [1.82, 2.24) is 5.32 Å². The lowest BCUT2D eigenvalue weighted by molar-refractivity contribution is 0.0344. The van der Waals surface area contributed by atoms with E-state index in [1.54, 1.807) is 12.1 Å². The standard InChI is InChI=1S/C18H17F2NO3/c19-13-3-1-12(2-4-13)18(7-9-24-10-8-18)21-17(23)15-6-5-14(22)11-16(15)20/h1-6,11,22H,7-10H2,(H,21,23). The quantitative estimate of drug-likeness (QED) is 0.907. The van der Waals surface area contributed by atoms with Crippen molar-refractivity contribution in [1.29, 1.82) is 0 Å². The fourth-order valence-electron chi connectivity index (χ4n) is 2.95. The first-order chi connectivity index (χ1) is 11.5. The maximum atomic E-state index is 13.9. The van der Waals surface area contributed by atoms with E-state index in [1.165, 1.54) is 24.3 Å². The first-order valence-corrected chi connectivity index (χ1v) is 7.65. The van der Waals surface area contributed by atoms with Crippen molar-refractivity contribution in [2.24, 2.45) is 0 Å². The van der Waals surface area contributed by atoms with Crippen molar-refractivity contribution in [2.45, 2.75) is 18.4 Å². The van der Waals surface area contributed by atoms with Crippen LogP contribution in [0.2, 0.25) is 0 Å². The van der Waals surface area contributed by atoms with Crippen molar-refractivity contribution >= 4 is 5.91 Å². The van der Waals surface area contributed by atoms with Crippen molar-refractivity contribution < 1.29 is 23.4 Å². The van der Waals surface area contributed by atoms with Gasteiger partial charge in [-0.05, 0) is 42.7 Å². The van der Waals surface area contributed by atoms with Crippen molar-refractivity contribution in [3.8, 4) is 5.75 Å². The van der Waals surface area contributed by atoms with Crippen LogP contribution in [0, 0.1) is 11.6 Å². The predicted molar refractivity (Wildman–Crippen MR) is 83.7 cm³/mol. The maximum absolute atomic E-state index is 13.9. The number of nitrogens with one attached hydrogen (secondary N) is 1. The number of carbonyl (C=O) groups excluding carboxylic acids is 1. The van der Waals surface area contributed by atoms with E-state index >= 15 is 0 Å². The summed E-state index contributed by atoms with van der Waals surface area (Å²) in [4.78, 5) is 12.5. The molecule has 4 nitrogen and oxygen atoms in total. The Balaban J connectivity index is 1.92. The molecule has 0 bridgehead atoms. The number of amides is 1. The zero-order valence-electron chi connectivity index (χ0n) is 12.9. The summed E-state index contributed by atoms with van der Waals surface area (Å²) >= 11 is 0. The molecule has 126 valence electrons. The molecule has 3 rings (SSSR count). The molecule has 0 aromatic heterocycles. The molecule has 2 aromatic carbocycles. The van der Waals surface area contributed by atoms with Crippen LogP contribution in [0.15, 0.2) is 42.5 Å². The number of phenols is 1. The lowest BCUT2D eigenvalue weighted by Gasteiger charge is -2.38. The van der Waals surface area contributed by atoms with Crippen molar-refractivity contribution in [3.05, 3.63) is 65.2 Å². The summed E-state index contributed by atoms with van der Waals surface area (Å²) in [5, 5.41) is 12.2. The number of rotatable bonds is 3. The Hall–Kier alpha value is -2.47. The molecule has 1 aliphatic heterocycles. The molecule has 1 heterocycles. The number of carbonyl (C=O) groups is 1. The van der Waals surface area contributed by atoms with E-state index in [9.17, 15) is 18.7 Å². The Bertz CT molecular complexity index is 740. The van der Waals surface area contributed by atoms with Gasteiger partial charge < -0.3 is 15.2 Å². The largest absolute Gasteiger partial charge is 0.508 e. The van der Waals surface area contributed by atoms with Crippen LogP contribution >= 0.6 is 0 Å². The van der Waals surface area contributed by atoms with Crippen LogP contribution in [0.4, 0.5) is 8.78 Å². The summed E-state index contributed by atoms with van der Waals surface area (Å²) in [6.07, 6.45) is 1.01. The fourth-order valence-corrected chi connectivity index (χ4v) is 2.95. The van der Waals surface area contributed by atoms with E-state index in [1.807, 2.05) is 0 Å². The molecule has 0 spiro atoms. The molecule has 1 fully saturated rings. The summed E-state index contributed by atoms with van der Waals surface area (Å²) in [5.41, 5.74) is -0.145. The zero-order chi connectivity index (χ0) is 17.2. The highest BCUT2D eigenvalue weighted by atomic mass is 19.1. The summed E-state index contributed by atoms with van der Waals surface area (Å²) in [7, 11) is 0. The third-order valence-corrected chi connectivity index (χ3v) is 4.29. The van der Waals surface area contributed by atoms with Gasteiger partial charge in [-0.2, -0.15) is 0 Å². The summed E-state index contributed by atoms with van der Waals surface area (Å²) < 4.78 is 32.5. The second-order valence-electron chi connectivity index (χ2n) is 5.82. The van der Waals surface area contributed by atoms with Gasteiger partial charge in [-0.3, -0.25) is 4.79 Å². The van der Waals surface area contributed by atoms with Crippen molar-refractivity contribution in [3.63, 3.8) is 0 Å². The predicted octanol–water partition coefficient (Wildman–Crippen LogP) is 3.11. The highest BCUT2D eigenvalue weighted by Gasteiger charge is 2.36. The van der Waals surface area contributed by atoms with Crippen LogP contribution in [-0.2, 0) is 10.3 Å². The van der Waals surface area contributed by atoms with Gasteiger partial charge in [0.2, 0.25) is 0 Å². The number of benzene rings is 2. The molecule has 6 heteroatoms. The van der Waals surface area contributed by atoms with Gasteiger partial charge in [0.05, 0.1) is 11.1 Å². The van der Waals surface area contributed by atoms with Crippen LogP contribution in [0.25, 0.3) is 0 Å². The maximum Gasteiger partial charge on any atom is 0.254 e. The minimum absolute atomic E-state index is 0.152. The highest BCUT2D eigenvalue weighted by Crippen LogP contribution is 2.33. The number of hydrogen-bond donors (Lipinski definition) is 2. The Morgan fingerprint density at radius 3 is 2.38 bits per heavy atom. The molecular weight excluding hydrogens is 316 g/mol. The summed E-state index contributed by atoms with van der Waals surface area (Å²) in [6, 6.07) is 9.29. The molecule has 24 heavy (non-hydrogen) atoms. The fraction of sp³-hybridized carbons (Fsp3) is 0.278. The molecule has 2 aromatic rings. The summed E-state index contributed by atoms with van der Waals surface area (Å²) in [6.45, 7) is 0.880. The molecule has 2 N–H and O–H groups in total. The molecular formula is C18H17F2NO3.